The molecular weight excluding hydrogens is 290 g/mol. The number of rotatable bonds is 6. The van der Waals surface area contributed by atoms with Gasteiger partial charge in [0.25, 0.3) is 0 Å². The fourth-order valence-electron chi connectivity index (χ4n) is 3.08. The first-order chi connectivity index (χ1) is 11.1. The summed E-state index contributed by atoms with van der Waals surface area (Å²) in [7, 11) is 5.83. The number of hydrogen-bond donors (Lipinski definition) is 1. The number of ether oxygens (including phenoxy) is 1. The highest BCUT2D eigenvalue weighted by Gasteiger charge is 2.31. The lowest BCUT2D eigenvalue weighted by atomic mass is 9.80. The van der Waals surface area contributed by atoms with Gasteiger partial charge in [0.15, 0.2) is 0 Å². The number of nitrogens with zero attached hydrogens (tertiary/aromatic N) is 4. The Balaban J connectivity index is 1.60. The second-order valence-corrected chi connectivity index (χ2v) is 6.48. The van der Waals surface area contributed by atoms with Gasteiger partial charge in [-0.15, -0.1) is 10.2 Å². The summed E-state index contributed by atoms with van der Waals surface area (Å²) in [6.45, 7) is 1.63. The van der Waals surface area contributed by atoms with Crippen molar-refractivity contribution in [3.8, 4) is 5.75 Å². The molecule has 6 nitrogen and oxygen atoms in total. The zero-order chi connectivity index (χ0) is 16.4. The van der Waals surface area contributed by atoms with Crippen LogP contribution < -0.4 is 10.5 Å². The average Bonchev–Trinajstić information content (AvgIpc) is 2.85. The SMILES string of the molecule is COc1ccc(CN(C)Cc2nnc(C3CC(N)C3)n2C)cc1. The average molecular weight is 315 g/mol. The van der Waals surface area contributed by atoms with Gasteiger partial charge in [-0.3, -0.25) is 4.90 Å². The first-order valence-electron chi connectivity index (χ1n) is 8.02. The van der Waals surface area contributed by atoms with Crippen molar-refractivity contribution in [2.45, 2.75) is 37.9 Å². The van der Waals surface area contributed by atoms with Gasteiger partial charge in [-0.2, -0.15) is 0 Å². The lowest BCUT2D eigenvalue weighted by Gasteiger charge is -2.31. The number of methoxy groups -OCH3 is 1. The van der Waals surface area contributed by atoms with Gasteiger partial charge in [-0.1, -0.05) is 12.1 Å². The van der Waals surface area contributed by atoms with Crippen LogP contribution in [0.4, 0.5) is 0 Å². The fraction of sp³-hybridized carbons (Fsp3) is 0.529. The molecular formula is C17H25N5O. The standard InChI is InChI=1S/C17H25N5O/c1-21(10-12-4-6-15(23-3)7-5-12)11-16-19-20-17(22(16)2)13-8-14(18)9-13/h4-7,13-14H,8-11,18H2,1-3H3. The van der Waals surface area contributed by atoms with E-state index >= 15 is 0 Å². The molecule has 1 fully saturated rings. The molecule has 1 aromatic carbocycles. The Bertz CT molecular complexity index is 646. The number of hydrogen-bond acceptors (Lipinski definition) is 5. The van der Waals surface area contributed by atoms with Gasteiger partial charge in [0.05, 0.1) is 13.7 Å². The Morgan fingerprint density at radius 3 is 2.52 bits per heavy atom. The molecule has 2 aromatic rings. The van der Waals surface area contributed by atoms with Crippen LogP contribution in [-0.4, -0.2) is 39.9 Å². The molecule has 6 heteroatoms. The van der Waals surface area contributed by atoms with Crippen LogP contribution >= 0.6 is 0 Å². The maximum absolute atomic E-state index is 5.88. The largest absolute Gasteiger partial charge is 0.497 e. The maximum Gasteiger partial charge on any atom is 0.146 e. The second kappa shape index (κ2) is 6.68. The van der Waals surface area contributed by atoms with Crippen molar-refractivity contribution < 1.29 is 4.74 Å². The van der Waals surface area contributed by atoms with Gasteiger partial charge in [0.2, 0.25) is 0 Å². The van der Waals surface area contributed by atoms with E-state index in [0.29, 0.717) is 12.0 Å². The molecule has 1 heterocycles. The molecule has 0 aliphatic heterocycles. The Labute approximate surface area is 137 Å². The van der Waals surface area contributed by atoms with E-state index in [9.17, 15) is 0 Å². The van der Waals surface area contributed by atoms with Crippen molar-refractivity contribution in [1.29, 1.82) is 0 Å². The number of nitrogens with two attached hydrogens (primary N) is 1. The molecule has 1 saturated carbocycles. The predicted octanol–water partition coefficient (Wildman–Crippen LogP) is 1.66. The zero-order valence-corrected chi connectivity index (χ0v) is 14.1. The third-order valence-electron chi connectivity index (χ3n) is 4.56. The topological polar surface area (TPSA) is 69.2 Å². The number of benzene rings is 1. The molecule has 0 spiro atoms. The molecule has 1 aromatic heterocycles. The van der Waals surface area contributed by atoms with Crippen LogP contribution in [0.3, 0.4) is 0 Å². The summed E-state index contributed by atoms with van der Waals surface area (Å²) >= 11 is 0. The van der Waals surface area contributed by atoms with Crippen molar-refractivity contribution in [2.75, 3.05) is 14.2 Å². The minimum atomic E-state index is 0.331. The predicted molar refractivity (Wildman–Crippen MR) is 89.1 cm³/mol. The maximum atomic E-state index is 5.88. The van der Waals surface area contributed by atoms with E-state index in [1.807, 2.05) is 12.1 Å². The summed E-state index contributed by atoms with van der Waals surface area (Å²) in [6, 6.07) is 8.49. The van der Waals surface area contributed by atoms with Gasteiger partial charge in [0.1, 0.15) is 17.4 Å². The molecule has 0 atom stereocenters. The van der Waals surface area contributed by atoms with Gasteiger partial charge in [-0.05, 0) is 37.6 Å². The summed E-state index contributed by atoms with van der Waals surface area (Å²) in [5, 5.41) is 8.73. The Hall–Kier alpha value is -1.92. The van der Waals surface area contributed by atoms with Crippen LogP contribution in [0.1, 0.15) is 36.0 Å². The van der Waals surface area contributed by atoms with Crippen LogP contribution in [0.25, 0.3) is 0 Å². The first-order valence-corrected chi connectivity index (χ1v) is 8.02. The zero-order valence-electron chi connectivity index (χ0n) is 14.1. The smallest absolute Gasteiger partial charge is 0.146 e. The van der Waals surface area contributed by atoms with Crippen LogP contribution in [0, 0.1) is 0 Å². The Kier molecular flexibility index (Phi) is 4.63. The van der Waals surface area contributed by atoms with Crippen LogP contribution in [0.15, 0.2) is 24.3 Å². The van der Waals surface area contributed by atoms with Gasteiger partial charge in [-0.25, -0.2) is 0 Å². The summed E-state index contributed by atoms with van der Waals surface area (Å²) in [4.78, 5) is 2.24. The van der Waals surface area contributed by atoms with Crippen LogP contribution in [0.5, 0.6) is 5.75 Å². The monoisotopic (exact) mass is 315 g/mol. The first kappa shape index (κ1) is 16.0. The van der Waals surface area contributed by atoms with Crippen molar-refractivity contribution in [3.63, 3.8) is 0 Å². The number of aromatic nitrogens is 3. The second-order valence-electron chi connectivity index (χ2n) is 6.48. The van der Waals surface area contributed by atoms with E-state index < -0.39 is 0 Å². The molecule has 2 N–H and O–H groups in total. The van der Waals surface area contributed by atoms with E-state index in [1.165, 1.54) is 5.56 Å². The van der Waals surface area contributed by atoms with Crippen LogP contribution in [0.2, 0.25) is 0 Å². The molecule has 23 heavy (non-hydrogen) atoms. The summed E-state index contributed by atoms with van der Waals surface area (Å²) < 4.78 is 7.32. The molecule has 0 unspecified atom stereocenters. The van der Waals surface area contributed by atoms with Crippen molar-refractivity contribution in [3.05, 3.63) is 41.5 Å². The van der Waals surface area contributed by atoms with Crippen molar-refractivity contribution >= 4 is 0 Å². The molecule has 1 aliphatic rings. The fourth-order valence-corrected chi connectivity index (χ4v) is 3.08. The van der Waals surface area contributed by atoms with E-state index in [1.54, 1.807) is 7.11 Å². The minimum absolute atomic E-state index is 0.331. The van der Waals surface area contributed by atoms with Crippen molar-refractivity contribution in [1.82, 2.24) is 19.7 Å². The van der Waals surface area contributed by atoms with E-state index in [4.69, 9.17) is 10.5 Å². The third-order valence-corrected chi connectivity index (χ3v) is 4.56. The minimum Gasteiger partial charge on any atom is -0.497 e. The highest BCUT2D eigenvalue weighted by molar-refractivity contribution is 5.27. The van der Waals surface area contributed by atoms with E-state index in [2.05, 4.69) is 45.9 Å². The van der Waals surface area contributed by atoms with Gasteiger partial charge in [0, 0.05) is 25.6 Å². The van der Waals surface area contributed by atoms with E-state index in [0.717, 1.165) is 43.3 Å². The van der Waals surface area contributed by atoms with Gasteiger partial charge >= 0.3 is 0 Å². The van der Waals surface area contributed by atoms with E-state index in [-0.39, 0.29) is 0 Å². The lowest BCUT2D eigenvalue weighted by Crippen LogP contribution is -2.36. The van der Waals surface area contributed by atoms with Crippen molar-refractivity contribution in [2.24, 2.45) is 12.8 Å². The normalized spacial score (nSPS) is 20.6. The molecule has 3 rings (SSSR count). The molecule has 0 saturated heterocycles. The summed E-state index contributed by atoms with van der Waals surface area (Å²) in [6.07, 6.45) is 2.04. The van der Waals surface area contributed by atoms with Gasteiger partial charge < -0.3 is 15.0 Å². The molecule has 0 amide bonds. The van der Waals surface area contributed by atoms with Crippen LogP contribution in [-0.2, 0) is 20.1 Å². The third kappa shape index (κ3) is 3.54. The molecule has 124 valence electrons. The summed E-state index contributed by atoms with van der Waals surface area (Å²) in [5.74, 6) is 3.42. The summed E-state index contributed by atoms with van der Waals surface area (Å²) in [5.41, 5.74) is 7.13. The Morgan fingerprint density at radius 1 is 1.22 bits per heavy atom. The quantitative estimate of drug-likeness (QED) is 0.878. The molecule has 0 bridgehead atoms. The highest BCUT2D eigenvalue weighted by Crippen LogP contribution is 2.34. The molecule has 0 radical (unpaired) electrons. The molecule has 1 aliphatic carbocycles. The highest BCUT2D eigenvalue weighted by atomic mass is 16.5. The Morgan fingerprint density at radius 2 is 1.91 bits per heavy atom. The lowest BCUT2D eigenvalue weighted by molar-refractivity contribution is 0.302.